The van der Waals surface area contributed by atoms with E-state index in [0.717, 1.165) is 0 Å². The molecule has 1 fully saturated rings. The van der Waals surface area contributed by atoms with Crippen LogP contribution in [-0.2, 0) is 14.3 Å². The quantitative estimate of drug-likeness (QED) is 0.588. The normalized spacial score (nSPS) is 15.3. The molecule has 1 aliphatic rings. The Bertz CT molecular complexity index is 841. The highest BCUT2D eigenvalue weighted by molar-refractivity contribution is 6.33. The maximum Gasteiger partial charge on any atom is 0.340 e. The maximum absolute atomic E-state index is 13.5. The van der Waals surface area contributed by atoms with Crippen molar-refractivity contribution in [2.45, 2.75) is 6.10 Å². The van der Waals surface area contributed by atoms with Crippen LogP contribution in [0.2, 0.25) is 5.02 Å². The van der Waals surface area contributed by atoms with E-state index in [1.165, 1.54) is 4.90 Å². The van der Waals surface area contributed by atoms with Crippen LogP contribution in [0.4, 0.5) is 8.78 Å². The lowest BCUT2D eigenvalue weighted by Crippen LogP contribution is -2.44. The highest BCUT2D eigenvalue weighted by atomic mass is 35.5. The van der Waals surface area contributed by atoms with Gasteiger partial charge in [0, 0.05) is 18.7 Å². The van der Waals surface area contributed by atoms with E-state index < -0.39 is 29.6 Å². The fourth-order valence-electron chi connectivity index (χ4n) is 2.69. The molecule has 5 nitrogen and oxygen atoms in total. The number of esters is 1. The van der Waals surface area contributed by atoms with Gasteiger partial charge in [0.2, 0.25) is 6.10 Å². The van der Waals surface area contributed by atoms with Gasteiger partial charge in [-0.3, -0.25) is 4.79 Å². The molecule has 1 amide bonds. The second-order valence-corrected chi connectivity index (χ2v) is 6.29. The van der Waals surface area contributed by atoms with Gasteiger partial charge in [0.1, 0.15) is 0 Å². The van der Waals surface area contributed by atoms with Gasteiger partial charge in [0.25, 0.3) is 5.91 Å². The Morgan fingerprint density at radius 2 is 1.70 bits per heavy atom. The lowest BCUT2D eigenvalue weighted by atomic mass is 10.1. The number of carbonyl (C=O) groups excluding carboxylic acids is 2. The lowest BCUT2D eigenvalue weighted by molar-refractivity contribution is -0.145. The summed E-state index contributed by atoms with van der Waals surface area (Å²) in [5, 5.41) is -0.301. The molecule has 2 aromatic rings. The van der Waals surface area contributed by atoms with Gasteiger partial charge in [-0.25, -0.2) is 13.6 Å². The van der Waals surface area contributed by atoms with E-state index in [2.05, 4.69) is 0 Å². The Kier molecular flexibility index (Phi) is 6.03. The van der Waals surface area contributed by atoms with Crippen LogP contribution in [-0.4, -0.2) is 43.1 Å². The first kappa shape index (κ1) is 19.3. The molecule has 1 aliphatic heterocycles. The zero-order valence-corrected chi connectivity index (χ0v) is 14.9. The summed E-state index contributed by atoms with van der Waals surface area (Å²) >= 11 is 5.83. The standard InChI is InChI=1S/C19H16ClF2NO4/c20-14-11-16(22)15(21)10-13(14)19(25)27-17(12-4-2-1-3-5-12)18(24)23-6-8-26-9-7-23/h1-5,10-11,17H,6-9H2. The first-order chi connectivity index (χ1) is 13.0. The second kappa shape index (κ2) is 8.45. The molecule has 1 heterocycles. The number of morpholine rings is 1. The molecule has 8 heteroatoms. The van der Waals surface area contributed by atoms with E-state index >= 15 is 0 Å². The third kappa shape index (κ3) is 4.43. The molecular formula is C19H16ClF2NO4. The van der Waals surface area contributed by atoms with Crippen molar-refractivity contribution in [2.24, 2.45) is 0 Å². The Morgan fingerprint density at radius 1 is 1.07 bits per heavy atom. The molecule has 0 bridgehead atoms. The van der Waals surface area contributed by atoms with Crippen molar-refractivity contribution in [3.63, 3.8) is 0 Å². The molecule has 3 rings (SSSR count). The van der Waals surface area contributed by atoms with Crippen LogP contribution in [0, 0.1) is 11.6 Å². The number of benzene rings is 2. The molecule has 0 radical (unpaired) electrons. The number of carbonyl (C=O) groups is 2. The number of rotatable bonds is 4. The molecule has 1 saturated heterocycles. The molecule has 142 valence electrons. The summed E-state index contributed by atoms with van der Waals surface area (Å²) in [5.41, 5.74) is 0.104. The van der Waals surface area contributed by atoms with Crippen molar-refractivity contribution in [1.29, 1.82) is 0 Å². The van der Waals surface area contributed by atoms with Gasteiger partial charge in [-0.1, -0.05) is 41.9 Å². The van der Waals surface area contributed by atoms with Crippen LogP contribution >= 0.6 is 11.6 Å². The Balaban J connectivity index is 1.88. The van der Waals surface area contributed by atoms with Gasteiger partial charge >= 0.3 is 5.97 Å². The van der Waals surface area contributed by atoms with Crippen molar-refractivity contribution in [1.82, 2.24) is 4.90 Å². The number of hydrogen-bond donors (Lipinski definition) is 0. The van der Waals surface area contributed by atoms with E-state index in [0.29, 0.717) is 44.0 Å². The van der Waals surface area contributed by atoms with E-state index in [1.54, 1.807) is 30.3 Å². The molecule has 27 heavy (non-hydrogen) atoms. The fourth-order valence-corrected chi connectivity index (χ4v) is 2.92. The Morgan fingerprint density at radius 3 is 2.37 bits per heavy atom. The number of ether oxygens (including phenoxy) is 2. The summed E-state index contributed by atoms with van der Waals surface area (Å²) in [6, 6.07) is 9.79. The summed E-state index contributed by atoms with van der Waals surface area (Å²) < 4.78 is 37.3. The Hall–Kier alpha value is -2.51. The van der Waals surface area contributed by atoms with Gasteiger partial charge in [-0.15, -0.1) is 0 Å². The molecule has 1 atom stereocenters. The van der Waals surface area contributed by atoms with E-state index in [9.17, 15) is 18.4 Å². The zero-order chi connectivity index (χ0) is 19.4. The van der Waals surface area contributed by atoms with Crippen LogP contribution in [0.1, 0.15) is 22.0 Å². The third-order valence-electron chi connectivity index (χ3n) is 4.10. The highest BCUT2D eigenvalue weighted by Crippen LogP contribution is 2.26. The van der Waals surface area contributed by atoms with Gasteiger partial charge in [-0.2, -0.15) is 0 Å². The molecule has 0 aliphatic carbocycles. The number of hydrogen-bond acceptors (Lipinski definition) is 4. The average molecular weight is 396 g/mol. The minimum Gasteiger partial charge on any atom is -0.444 e. The van der Waals surface area contributed by atoms with Crippen LogP contribution in [0.3, 0.4) is 0 Å². The van der Waals surface area contributed by atoms with Crippen LogP contribution in [0.25, 0.3) is 0 Å². The van der Waals surface area contributed by atoms with Crippen LogP contribution in [0.15, 0.2) is 42.5 Å². The minimum absolute atomic E-state index is 0.301. The predicted octanol–water partition coefficient (Wildman–Crippen LogP) is 3.38. The number of halogens is 3. The molecule has 0 aromatic heterocycles. The zero-order valence-electron chi connectivity index (χ0n) is 14.2. The Labute approximate surface area is 159 Å². The first-order valence-corrected chi connectivity index (χ1v) is 8.62. The van der Waals surface area contributed by atoms with E-state index in [-0.39, 0.29) is 10.6 Å². The summed E-state index contributed by atoms with van der Waals surface area (Å²) in [6.07, 6.45) is -1.24. The van der Waals surface area contributed by atoms with Gasteiger partial charge in [0.05, 0.1) is 23.8 Å². The maximum atomic E-state index is 13.5. The third-order valence-corrected chi connectivity index (χ3v) is 4.42. The van der Waals surface area contributed by atoms with Crippen LogP contribution < -0.4 is 0 Å². The smallest absolute Gasteiger partial charge is 0.340 e. The molecule has 0 spiro atoms. The summed E-state index contributed by atoms with van der Waals surface area (Å²) in [6.45, 7) is 1.50. The topological polar surface area (TPSA) is 55.8 Å². The monoisotopic (exact) mass is 395 g/mol. The largest absolute Gasteiger partial charge is 0.444 e. The summed E-state index contributed by atoms with van der Waals surface area (Å²) in [7, 11) is 0. The van der Waals surface area contributed by atoms with Crippen molar-refractivity contribution in [3.05, 3.63) is 70.2 Å². The molecule has 0 saturated carbocycles. The van der Waals surface area contributed by atoms with E-state index in [1.807, 2.05) is 0 Å². The van der Waals surface area contributed by atoms with Crippen molar-refractivity contribution < 1.29 is 27.8 Å². The summed E-state index contributed by atoms with van der Waals surface area (Å²) in [5.74, 6) is -3.85. The highest BCUT2D eigenvalue weighted by Gasteiger charge is 2.31. The molecule has 0 N–H and O–H groups in total. The number of amides is 1. The SMILES string of the molecule is O=C(OC(C(=O)N1CCOCC1)c1ccccc1)c1cc(F)c(F)cc1Cl. The molecular weight excluding hydrogens is 380 g/mol. The molecule has 1 unspecified atom stereocenters. The van der Waals surface area contributed by atoms with Crippen molar-refractivity contribution in [3.8, 4) is 0 Å². The average Bonchev–Trinajstić information content (AvgIpc) is 2.69. The predicted molar refractivity (Wildman–Crippen MR) is 93.4 cm³/mol. The van der Waals surface area contributed by atoms with Gasteiger partial charge in [0.15, 0.2) is 11.6 Å². The number of nitrogens with zero attached hydrogens (tertiary/aromatic N) is 1. The first-order valence-electron chi connectivity index (χ1n) is 8.24. The minimum atomic E-state index is -1.24. The fraction of sp³-hybridized carbons (Fsp3) is 0.263. The van der Waals surface area contributed by atoms with Crippen LogP contribution in [0.5, 0.6) is 0 Å². The van der Waals surface area contributed by atoms with Crippen molar-refractivity contribution >= 4 is 23.5 Å². The van der Waals surface area contributed by atoms with Gasteiger partial charge in [-0.05, 0) is 12.1 Å². The van der Waals surface area contributed by atoms with Gasteiger partial charge < -0.3 is 14.4 Å². The van der Waals surface area contributed by atoms with Crippen molar-refractivity contribution in [2.75, 3.05) is 26.3 Å². The summed E-state index contributed by atoms with van der Waals surface area (Å²) in [4.78, 5) is 26.9. The molecule has 2 aromatic carbocycles. The lowest BCUT2D eigenvalue weighted by Gasteiger charge is -2.30. The van der Waals surface area contributed by atoms with E-state index in [4.69, 9.17) is 21.1 Å². The second-order valence-electron chi connectivity index (χ2n) is 5.88.